The summed E-state index contributed by atoms with van der Waals surface area (Å²) in [7, 11) is 0. The van der Waals surface area contributed by atoms with Crippen molar-refractivity contribution in [2.75, 3.05) is 6.61 Å². The molecule has 0 amide bonds. The molecule has 1 rings (SSSR count). The van der Waals surface area contributed by atoms with Gasteiger partial charge in [0.05, 0.1) is 6.61 Å². The van der Waals surface area contributed by atoms with E-state index < -0.39 is 0 Å². The summed E-state index contributed by atoms with van der Waals surface area (Å²) in [6.45, 7) is 2.87. The lowest BCUT2D eigenvalue weighted by molar-refractivity contribution is -0.747. The van der Waals surface area contributed by atoms with Gasteiger partial charge >= 0.3 is 0 Å². The second-order valence-electron chi connectivity index (χ2n) is 7.11. The third-order valence-corrected chi connectivity index (χ3v) is 4.90. The van der Waals surface area contributed by atoms with Crippen molar-refractivity contribution in [3.63, 3.8) is 0 Å². The van der Waals surface area contributed by atoms with Crippen molar-refractivity contribution in [3.05, 3.63) is 5.21 Å². The largest absolute Gasteiger partial charge is 0.403 e. The Hall–Kier alpha value is -0.730. The molecule has 1 aliphatic rings. The standard InChI is InChI=1S/C20H39NO2/c1-2-3-4-5-6-7-8-9-10-11-12-13-14-15-17-20-18-16-19-23-21(20)22/h2-19H2,1H3. The van der Waals surface area contributed by atoms with Gasteiger partial charge in [-0.15, -0.1) is 0 Å². The zero-order valence-corrected chi connectivity index (χ0v) is 15.5. The molecule has 0 aromatic heterocycles. The van der Waals surface area contributed by atoms with Gasteiger partial charge in [0.2, 0.25) is 5.71 Å². The van der Waals surface area contributed by atoms with E-state index >= 15 is 0 Å². The van der Waals surface area contributed by atoms with E-state index in [2.05, 4.69) is 6.92 Å². The first-order chi connectivity index (χ1) is 11.3. The van der Waals surface area contributed by atoms with Crippen molar-refractivity contribution in [1.29, 1.82) is 0 Å². The van der Waals surface area contributed by atoms with Gasteiger partial charge in [0, 0.05) is 17.7 Å². The summed E-state index contributed by atoms with van der Waals surface area (Å²) < 4.78 is 0. The van der Waals surface area contributed by atoms with Crippen molar-refractivity contribution in [1.82, 2.24) is 0 Å². The fraction of sp³-hybridized carbons (Fsp3) is 0.950. The number of rotatable bonds is 15. The molecule has 0 atom stereocenters. The first-order valence-corrected chi connectivity index (χ1v) is 10.3. The highest BCUT2D eigenvalue weighted by Gasteiger charge is 2.15. The van der Waals surface area contributed by atoms with Crippen LogP contribution in [0.2, 0.25) is 0 Å². The van der Waals surface area contributed by atoms with Crippen molar-refractivity contribution in [2.45, 2.75) is 116 Å². The van der Waals surface area contributed by atoms with Gasteiger partial charge in [-0.2, -0.15) is 0 Å². The molecule has 0 aromatic carbocycles. The van der Waals surface area contributed by atoms with E-state index in [9.17, 15) is 5.21 Å². The lowest BCUT2D eigenvalue weighted by Crippen LogP contribution is -2.22. The van der Waals surface area contributed by atoms with Crippen molar-refractivity contribution < 1.29 is 9.74 Å². The lowest BCUT2D eigenvalue weighted by Gasteiger charge is -2.14. The smallest absolute Gasteiger partial charge is 0.221 e. The molecule has 0 aromatic rings. The van der Waals surface area contributed by atoms with Gasteiger partial charge in [0.15, 0.2) is 0 Å². The average Bonchev–Trinajstić information content (AvgIpc) is 2.57. The zero-order chi connectivity index (χ0) is 16.6. The molecule has 1 aliphatic heterocycles. The van der Waals surface area contributed by atoms with Crippen LogP contribution in [0.15, 0.2) is 0 Å². The highest BCUT2D eigenvalue weighted by molar-refractivity contribution is 5.79. The van der Waals surface area contributed by atoms with E-state index in [1.54, 1.807) is 0 Å². The molecule has 1 heterocycles. The van der Waals surface area contributed by atoms with E-state index in [4.69, 9.17) is 4.84 Å². The van der Waals surface area contributed by atoms with Gasteiger partial charge in [0.25, 0.3) is 0 Å². The van der Waals surface area contributed by atoms with Crippen molar-refractivity contribution in [2.24, 2.45) is 0 Å². The second-order valence-corrected chi connectivity index (χ2v) is 7.11. The summed E-state index contributed by atoms with van der Waals surface area (Å²) in [5.41, 5.74) is 0.954. The number of unbranched alkanes of at least 4 members (excludes halogenated alkanes) is 13. The molecule has 0 radical (unpaired) electrons. The van der Waals surface area contributed by atoms with Gasteiger partial charge in [-0.1, -0.05) is 90.4 Å². The maximum Gasteiger partial charge on any atom is 0.221 e. The molecule has 0 bridgehead atoms. The molecule has 0 spiro atoms. The Morgan fingerprint density at radius 3 is 1.74 bits per heavy atom. The van der Waals surface area contributed by atoms with Crippen LogP contribution in [0.1, 0.15) is 116 Å². The SMILES string of the molecule is CCCCCCCCCCCCCCCCC1=[N+]([O-])OCCC1. The van der Waals surface area contributed by atoms with E-state index in [0.717, 1.165) is 36.3 Å². The Labute approximate surface area is 144 Å². The summed E-state index contributed by atoms with van der Waals surface area (Å²) in [5.74, 6) is 0. The number of hydrogen-bond donors (Lipinski definition) is 0. The summed E-state index contributed by atoms with van der Waals surface area (Å²) in [6, 6.07) is 0. The Morgan fingerprint density at radius 1 is 0.783 bits per heavy atom. The van der Waals surface area contributed by atoms with E-state index in [1.165, 1.54) is 83.5 Å². The molecule has 0 saturated carbocycles. The first kappa shape index (κ1) is 20.3. The fourth-order valence-electron chi connectivity index (χ4n) is 3.35. The van der Waals surface area contributed by atoms with Crippen LogP contribution in [0.5, 0.6) is 0 Å². The summed E-state index contributed by atoms with van der Waals surface area (Å²) >= 11 is 0. The van der Waals surface area contributed by atoms with Crippen molar-refractivity contribution in [3.8, 4) is 0 Å². The van der Waals surface area contributed by atoms with Crippen LogP contribution in [-0.4, -0.2) is 17.2 Å². The first-order valence-electron chi connectivity index (χ1n) is 10.3. The van der Waals surface area contributed by atoms with E-state index in [0.29, 0.717) is 6.61 Å². The molecule has 0 fully saturated rings. The van der Waals surface area contributed by atoms with Crippen LogP contribution in [0.3, 0.4) is 0 Å². The van der Waals surface area contributed by atoms with Crippen LogP contribution in [0, 0.1) is 5.21 Å². The minimum absolute atomic E-state index is 0.589. The van der Waals surface area contributed by atoms with Gasteiger partial charge in [0.1, 0.15) is 0 Å². The maximum absolute atomic E-state index is 11.4. The molecule has 3 heteroatoms. The zero-order valence-electron chi connectivity index (χ0n) is 15.5. The second kappa shape index (κ2) is 14.8. The third kappa shape index (κ3) is 11.4. The molecule has 0 N–H and O–H groups in total. The highest BCUT2D eigenvalue weighted by Crippen LogP contribution is 2.14. The predicted octanol–water partition coefficient (Wildman–Crippen LogP) is 6.53. The van der Waals surface area contributed by atoms with Crippen LogP contribution >= 0.6 is 0 Å². The van der Waals surface area contributed by atoms with Crippen molar-refractivity contribution >= 4 is 5.71 Å². The third-order valence-electron chi connectivity index (χ3n) is 4.90. The minimum Gasteiger partial charge on any atom is -0.403 e. The Morgan fingerprint density at radius 2 is 1.26 bits per heavy atom. The fourth-order valence-corrected chi connectivity index (χ4v) is 3.35. The molecular weight excluding hydrogens is 286 g/mol. The normalized spacial score (nSPS) is 15.0. The molecule has 23 heavy (non-hydrogen) atoms. The van der Waals surface area contributed by atoms with Gasteiger partial charge < -0.3 is 4.84 Å². The molecular formula is C20H39NO2. The average molecular weight is 326 g/mol. The molecule has 0 aliphatic carbocycles. The maximum atomic E-state index is 11.4. The van der Waals surface area contributed by atoms with E-state index in [-0.39, 0.29) is 0 Å². The van der Waals surface area contributed by atoms with Gasteiger partial charge in [-0.05, 0) is 12.8 Å². The molecule has 0 unspecified atom stereocenters. The van der Waals surface area contributed by atoms with Gasteiger partial charge in [-0.3, -0.25) is 5.21 Å². The Bertz CT molecular complexity index is 302. The van der Waals surface area contributed by atoms with Crippen LogP contribution in [0.4, 0.5) is 0 Å². The summed E-state index contributed by atoms with van der Waals surface area (Å²) in [5, 5.41) is 11.4. The topological polar surface area (TPSA) is 35.3 Å². The molecule has 0 saturated heterocycles. The Kier molecular flexibility index (Phi) is 13.1. The number of nitrogens with zero attached hydrogens (tertiary/aromatic N) is 1. The predicted molar refractivity (Wildman–Crippen MR) is 98.7 cm³/mol. The van der Waals surface area contributed by atoms with Crippen LogP contribution in [0.25, 0.3) is 0 Å². The van der Waals surface area contributed by atoms with Crippen LogP contribution in [-0.2, 0) is 4.84 Å². The lowest BCUT2D eigenvalue weighted by atomic mass is 10.0. The summed E-state index contributed by atoms with van der Waals surface area (Å²) in [4.78, 5) is 5.77. The molecule has 136 valence electrons. The molecule has 3 nitrogen and oxygen atoms in total. The van der Waals surface area contributed by atoms with E-state index in [1.807, 2.05) is 0 Å². The monoisotopic (exact) mass is 325 g/mol. The van der Waals surface area contributed by atoms with Gasteiger partial charge in [-0.25, -0.2) is 0 Å². The minimum atomic E-state index is 0.589. The quantitative estimate of drug-likeness (QED) is 0.253. The van der Waals surface area contributed by atoms with Crippen LogP contribution < -0.4 is 0 Å². The number of hydrogen-bond acceptors (Lipinski definition) is 2. The summed E-state index contributed by atoms with van der Waals surface area (Å²) in [6.07, 6.45) is 22.2. The highest BCUT2D eigenvalue weighted by atomic mass is 16.9. The Balaban J connectivity index is 1.76.